The van der Waals surface area contributed by atoms with Crippen LogP contribution in [0.1, 0.15) is 117 Å². The van der Waals surface area contributed by atoms with Gasteiger partial charge in [-0.3, -0.25) is 5.01 Å². The third kappa shape index (κ3) is 11.0. The summed E-state index contributed by atoms with van der Waals surface area (Å²) in [4.78, 5) is 12.5. The molecule has 1 rings (SSSR count). The molecule has 1 saturated carbocycles. The van der Waals surface area contributed by atoms with Gasteiger partial charge in [-0.1, -0.05) is 71.1 Å². The lowest BCUT2D eigenvalue weighted by Crippen LogP contribution is -2.55. The van der Waals surface area contributed by atoms with Gasteiger partial charge in [0.25, 0.3) is 0 Å². The highest BCUT2D eigenvalue weighted by Gasteiger charge is 2.34. The molecule has 0 saturated heterocycles. The van der Waals surface area contributed by atoms with E-state index < -0.39 is 5.66 Å². The smallest absolute Gasteiger partial charge is 0.311 e. The molecule has 3 N–H and O–H groups in total. The Hall–Kier alpha value is -1.17. The van der Waals surface area contributed by atoms with E-state index in [0.717, 1.165) is 38.5 Å². The molecule has 0 aromatic rings. The first-order chi connectivity index (χ1) is 13.5. The average Bonchev–Trinajstić information content (AvgIpc) is 2.68. The van der Waals surface area contributed by atoms with E-state index in [1.165, 1.54) is 62.8 Å². The topological polar surface area (TPSA) is 83.1 Å². The van der Waals surface area contributed by atoms with E-state index in [1.54, 1.807) is 0 Å². The molecule has 1 aliphatic rings. The Labute approximate surface area is 173 Å². The highest BCUT2D eigenvalue weighted by atomic mass is 16.2. The van der Waals surface area contributed by atoms with E-state index in [4.69, 9.17) is 5.84 Å². The number of carbonyl (C=O) groups excluding carboxylic acids is 1. The van der Waals surface area contributed by atoms with Crippen LogP contribution in [0.25, 0.3) is 0 Å². The zero-order valence-electron chi connectivity index (χ0n) is 18.7. The number of unbranched alkanes of at least 4 members (excludes halogenated alkanes) is 9. The number of carbonyl (C=O) groups is 1. The van der Waals surface area contributed by atoms with Gasteiger partial charge in [-0.05, 0) is 46.0 Å². The number of hydrogen-bond donors (Lipinski definition) is 2. The molecule has 0 heterocycles. The summed E-state index contributed by atoms with van der Waals surface area (Å²) < 4.78 is 0. The van der Waals surface area contributed by atoms with Crippen molar-refractivity contribution >= 4 is 6.03 Å². The second kappa shape index (κ2) is 14.8. The summed E-state index contributed by atoms with van der Waals surface area (Å²) in [6.07, 6.45) is 17.8. The van der Waals surface area contributed by atoms with E-state index in [-0.39, 0.29) is 12.1 Å². The molecule has 1 aliphatic carbocycles. The maximum Gasteiger partial charge on any atom is 0.333 e. The van der Waals surface area contributed by atoms with Gasteiger partial charge in [0.05, 0.1) is 6.04 Å². The highest BCUT2D eigenvalue weighted by molar-refractivity contribution is 5.74. The van der Waals surface area contributed by atoms with Crippen molar-refractivity contribution in [1.82, 2.24) is 10.3 Å². The molecule has 0 aromatic heterocycles. The van der Waals surface area contributed by atoms with Gasteiger partial charge in [-0.25, -0.2) is 10.6 Å². The second-order valence-corrected chi connectivity index (χ2v) is 8.71. The van der Waals surface area contributed by atoms with Gasteiger partial charge >= 0.3 is 6.03 Å². The number of nitrogens with one attached hydrogen (secondary N) is 1. The van der Waals surface area contributed by atoms with Gasteiger partial charge in [-0.15, -0.1) is 0 Å². The first-order valence-corrected chi connectivity index (χ1v) is 11.8. The van der Waals surface area contributed by atoms with Crippen LogP contribution in [0.3, 0.4) is 0 Å². The zero-order valence-corrected chi connectivity index (χ0v) is 18.7. The number of rotatable bonds is 14. The number of amides is 2. The predicted octanol–water partition coefficient (Wildman–Crippen LogP) is 6.31. The molecule has 1 fully saturated rings. The van der Waals surface area contributed by atoms with E-state index in [9.17, 15) is 4.79 Å². The fraction of sp³-hybridized carbons (Fsp3) is 0.955. The van der Waals surface area contributed by atoms with Crippen LogP contribution in [0.15, 0.2) is 10.2 Å². The number of nitrogens with two attached hydrogens (primary N) is 1. The molecule has 2 amide bonds. The Bertz CT molecular complexity index is 433. The fourth-order valence-corrected chi connectivity index (χ4v) is 3.75. The number of hydrazine groups is 1. The van der Waals surface area contributed by atoms with Crippen LogP contribution < -0.4 is 11.2 Å². The van der Waals surface area contributed by atoms with E-state index in [0.29, 0.717) is 6.54 Å². The minimum Gasteiger partial charge on any atom is -0.311 e. The van der Waals surface area contributed by atoms with Crippen molar-refractivity contribution < 1.29 is 4.79 Å². The standard InChI is InChI=1S/C22H45N5O/c1-4-5-6-7-8-9-10-11-12-16-19-27(23)21(28)24-22(26-25-20(2)3)17-14-13-15-18-22/h20H,4-19,23H2,1-3H3,(H,24,28). The number of urea groups is 1. The maximum atomic E-state index is 12.5. The lowest BCUT2D eigenvalue weighted by Gasteiger charge is -2.34. The highest BCUT2D eigenvalue weighted by Crippen LogP contribution is 2.30. The summed E-state index contributed by atoms with van der Waals surface area (Å²) in [5, 5.41) is 13.2. The molecule has 164 valence electrons. The van der Waals surface area contributed by atoms with E-state index in [2.05, 4.69) is 22.5 Å². The van der Waals surface area contributed by atoms with Crippen molar-refractivity contribution in [2.75, 3.05) is 6.54 Å². The first kappa shape index (κ1) is 24.9. The molecule has 0 atom stereocenters. The third-order valence-electron chi connectivity index (χ3n) is 5.51. The largest absolute Gasteiger partial charge is 0.333 e. The molecular weight excluding hydrogens is 350 g/mol. The van der Waals surface area contributed by atoms with Gasteiger partial charge in [0, 0.05) is 6.54 Å². The SMILES string of the molecule is CCCCCCCCCCCCN(N)C(=O)NC1(N=NC(C)C)CCCCC1. The van der Waals surface area contributed by atoms with E-state index in [1.807, 2.05) is 13.8 Å². The Kier molecular flexibility index (Phi) is 13.1. The monoisotopic (exact) mass is 395 g/mol. The Morgan fingerprint density at radius 2 is 1.50 bits per heavy atom. The van der Waals surface area contributed by atoms with Crippen molar-refractivity contribution in [3.8, 4) is 0 Å². The van der Waals surface area contributed by atoms with Gasteiger partial charge in [-0.2, -0.15) is 10.2 Å². The quantitative estimate of drug-likeness (QED) is 0.119. The molecule has 28 heavy (non-hydrogen) atoms. The van der Waals surface area contributed by atoms with Crippen LogP contribution >= 0.6 is 0 Å². The minimum atomic E-state index is -0.561. The van der Waals surface area contributed by atoms with Crippen molar-refractivity contribution in [3.05, 3.63) is 0 Å². The van der Waals surface area contributed by atoms with Crippen molar-refractivity contribution in [3.63, 3.8) is 0 Å². The van der Waals surface area contributed by atoms with Crippen molar-refractivity contribution in [2.24, 2.45) is 16.1 Å². The lowest BCUT2D eigenvalue weighted by atomic mass is 9.89. The molecule has 0 unspecified atom stereocenters. The fourth-order valence-electron chi connectivity index (χ4n) is 3.75. The summed E-state index contributed by atoms with van der Waals surface area (Å²) in [6.45, 7) is 6.86. The van der Waals surface area contributed by atoms with Gasteiger partial charge in [0.2, 0.25) is 0 Å². The zero-order chi connectivity index (χ0) is 20.7. The molecule has 0 aliphatic heterocycles. The Morgan fingerprint density at radius 3 is 2.04 bits per heavy atom. The Morgan fingerprint density at radius 1 is 0.964 bits per heavy atom. The molecule has 6 nitrogen and oxygen atoms in total. The van der Waals surface area contributed by atoms with Crippen LogP contribution in [-0.2, 0) is 0 Å². The van der Waals surface area contributed by atoms with Gasteiger partial charge in [0.1, 0.15) is 0 Å². The number of hydrogen-bond acceptors (Lipinski definition) is 4. The molecule has 0 spiro atoms. The van der Waals surface area contributed by atoms with Crippen LogP contribution in [0.5, 0.6) is 0 Å². The van der Waals surface area contributed by atoms with Crippen LogP contribution in [-0.4, -0.2) is 29.3 Å². The molecule has 0 radical (unpaired) electrons. The maximum absolute atomic E-state index is 12.5. The van der Waals surface area contributed by atoms with Gasteiger partial charge in [0.15, 0.2) is 5.66 Å². The van der Waals surface area contributed by atoms with Crippen LogP contribution in [0, 0.1) is 0 Å². The lowest BCUT2D eigenvalue weighted by molar-refractivity contribution is 0.166. The number of azo groups is 1. The van der Waals surface area contributed by atoms with Crippen LogP contribution in [0.2, 0.25) is 0 Å². The first-order valence-electron chi connectivity index (χ1n) is 11.8. The summed E-state index contributed by atoms with van der Waals surface area (Å²) in [7, 11) is 0. The minimum absolute atomic E-state index is 0.135. The summed E-state index contributed by atoms with van der Waals surface area (Å²) in [5.74, 6) is 6.01. The summed E-state index contributed by atoms with van der Waals surface area (Å²) >= 11 is 0. The average molecular weight is 396 g/mol. The third-order valence-corrected chi connectivity index (χ3v) is 5.51. The van der Waals surface area contributed by atoms with Crippen LogP contribution in [0.4, 0.5) is 4.79 Å². The summed E-state index contributed by atoms with van der Waals surface area (Å²) in [6, 6.07) is -0.0862. The molecule has 0 aromatic carbocycles. The molecule has 0 bridgehead atoms. The van der Waals surface area contributed by atoms with E-state index >= 15 is 0 Å². The number of nitrogens with zero attached hydrogens (tertiary/aromatic N) is 3. The normalized spacial score (nSPS) is 16.6. The van der Waals surface area contributed by atoms with Gasteiger partial charge < -0.3 is 5.32 Å². The predicted molar refractivity (Wildman–Crippen MR) is 117 cm³/mol. The molecule has 6 heteroatoms. The van der Waals surface area contributed by atoms with Crippen molar-refractivity contribution in [2.45, 2.75) is 129 Å². The molecular formula is C22H45N5O. The second-order valence-electron chi connectivity index (χ2n) is 8.71. The Balaban J connectivity index is 2.22. The summed E-state index contributed by atoms with van der Waals surface area (Å²) in [5.41, 5.74) is -0.561. The van der Waals surface area contributed by atoms with Crippen molar-refractivity contribution in [1.29, 1.82) is 0 Å².